The highest BCUT2D eigenvalue weighted by molar-refractivity contribution is 7.99. The monoisotopic (exact) mass is 352 g/mol. The van der Waals surface area contributed by atoms with Crippen molar-refractivity contribution in [2.45, 2.75) is 25.3 Å². The molecule has 0 spiro atoms. The molecule has 1 fully saturated rings. The molecule has 2 rings (SSSR count). The van der Waals surface area contributed by atoms with E-state index >= 15 is 0 Å². The molecule has 1 aliphatic heterocycles. The third-order valence-electron chi connectivity index (χ3n) is 3.76. The standard InChI is InChI=1S/C16H21ClN4OS/c17-13-4-3-6-15(12(13)10-18)20-7-2-1-5-14(19)16(22)21-8-9-23-11-21/h3-4,6,14,20H,1-2,5,7-9,11,19H2/t14-/m0/s1. The van der Waals surface area contributed by atoms with Crippen LogP contribution in [-0.2, 0) is 4.79 Å². The second kappa shape index (κ2) is 9.02. The summed E-state index contributed by atoms with van der Waals surface area (Å²) in [7, 11) is 0. The predicted molar refractivity (Wildman–Crippen MR) is 95.5 cm³/mol. The molecule has 5 nitrogen and oxygen atoms in total. The molecule has 1 heterocycles. The predicted octanol–water partition coefficient (Wildman–Crippen LogP) is 2.65. The number of hydrogen-bond donors (Lipinski definition) is 2. The van der Waals surface area contributed by atoms with Gasteiger partial charge in [0.05, 0.1) is 28.2 Å². The lowest BCUT2D eigenvalue weighted by atomic mass is 10.1. The molecule has 1 atom stereocenters. The van der Waals surface area contributed by atoms with Gasteiger partial charge in [-0.2, -0.15) is 5.26 Å². The molecule has 23 heavy (non-hydrogen) atoms. The van der Waals surface area contributed by atoms with Gasteiger partial charge in [-0.05, 0) is 31.4 Å². The quantitative estimate of drug-likeness (QED) is 0.737. The Hall–Kier alpha value is -1.42. The third-order valence-corrected chi connectivity index (χ3v) is 5.04. The topological polar surface area (TPSA) is 82.1 Å². The van der Waals surface area contributed by atoms with E-state index in [9.17, 15) is 4.79 Å². The van der Waals surface area contributed by atoms with E-state index in [-0.39, 0.29) is 5.91 Å². The third kappa shape index (κ3) is 5.03. The zero-order chi connectivity index (χ0) is 16.7. The fourth-order valence-corrected chi connectivity index (χ4v) is 3.62. The molecule has 0 aliphatic carbocycles. The summed E-state index contributed by atoms with van der Waals surface area (Å²) in [6.45, 7) is 1.53. The van der Waals surface area contributed by atoms with E-state index in [1.54, 1.807) is 17.8 Å². The van der Waals surface area contributed by atoms with Crippen LogP contribution < -0.4 is 11.1 Å². The molecule has 1 saturated heterocycles. The second-order valence-corrected chi connectivity index (χ2v) is 6.92. The van der Waals surface area contributed by atoms with Crippen molar-refractivity contribution in [2.75, 3.05) is 30.0 Å². The number of carbonyl (C=O) groups is 1. The van der Waals surface area contributed by atoms with Crippen molar-refractivity contribution in [1.82, 2.24) is 4.90 Å². The lowest BCUT2D eigenvalue weighted by molar-refractivity contribution is -0.131. The van der Waals surface area contributed by atoms with Gasteiger partial charge in [0.2, 0.25) is 5.91 Å². The molecule has 0 saturated carbocycles. The molecule has 124 valence electrons. The second-order valence-electron chi connectivity index (χ2n) is 5.44. The van der Waals surface area contributed by atoms with Crippen molar-refractivity contribution in [3.63, 3.8) is 0 Å². The minimum absolute atomic E-state index is 0.0598. The summed E-state index contributed by atoms with van der Waals surface area (Å²) in [5, 5.41) is 12.8. The summed E-state index contributed by atoms with van der Waals surface area (Å²) in [5.74, 6) is 1.83. The zero-order valence-corrected chi connectivity index (χ0v) is 14.5. The molecule has 3 N–H and O–H groups in total. The Bertz CT molecular complexity index is 584. The summed E-state index contributed by atoms with van der Waals surface area (Å²) in [6, 6.07) is 7.05. The summed E-state index contributed by atoms with van der Waals surface area (Å²) >= 11 is 7.75. The van der Waals surface area contributed by atoms with Crippen molar-refractivity contribution in [1.29, 1.82) is 5.26 Å². The molecule has 1 amide bonds. The summed E-state index contributed by atoms with van der Waals surface area (Å²) < 4.78 is 0. The molecule has 1 aromatic carbocycles. The minimum Gasteiger partial charge on any atom is -0.384 e. The summed E-state index contributed by atoms with van der Waals surface area (Å²) in [6.07, 6.45) is 2.43. The first kappa shape index (κ1) is 17.9. The van der Waals surface area contributed by atoms with E-state index in [0.717, 1.165) is 43.2 Å². The van der Waals surface area contributed by atoms with Gasteiger partial charge < -0.3 is 16.0 Å². The van der Waals surface area contributed by atoms with Crippen molar-refractivity contribution in [3.05, 3.63) is 28.8 Å². The van der Waals surface area contributed by atoms with Crippen LogP contribution in [0.25, 0.3) is 0 Å². The first-order chi connectivity index (χ1) is 11.1. The summed E-state index contributed by atoms with van der Waals surface area (Å²) in [4.78, 5) is 13.9. The highest BCUT2D eigenvalue weighted by Crippen LogP contribution is 2.23. The number of benzene rings is 1. The number of nitrogens with zero attached hydrogens (tertiary/aromatic N) is 2. The van der Waals surface area contributed by atoms with Crippen LogP contribution in [0.1, 0.15) is 24.8 Å². The van der Waals surface area contributed by atoms with E-state index in [1.807, 2.05) is 17.0 Å². The van der Waals surface area contributed by atoms with Crippen LogP contribution in [0.15, 0.2) is 18.2 Å². The number of rotatable bonds is 7. The van der Waals surface area contributed by atoms with Gasteiger partial charge in [-0.3, -0.25) is 4.79 Å². The molecule has 1 aromatic rings. The van der Waals surface area contributed by atoms with Crippen LogP contribution >= 0.6 is 23.4 Å². The number of halogens is 1. The van der Waals surface area contributed by atoms with Gasteiger partial charge in [0.1, 0.15) is 6.07 Å². The van der Waals surface area contributed by atoms with Gasteiger partial charge >= 0.3 is 0 Å². The number of anilines is 1. The Morgan fingerprint density at radius 3 is 3.04 bits per heavy atom. The Labute approximate surface area is 146 Å². The molecular weight excluding hydrogens is 332 g/mol. The Balaban J connectivity index is 1.69. The van der Waals surface area contributed by atoms with Crippen LogP contribution in [0.2, 0.25) is 5.02 Å². The maximum Gasteiger partial charge on any atom is 0.240 e. The smallest absolute Gasteiger partial charge is 0.240 e. The van der Waals surface area contributed by atoms with Crippen molar-refractivity contribution in [3.8, 4) is 6.07 Å². The van der Waals surface area contributed by atoms with E-state index in [0.29, 0.717) is 17.0 Å². The number of carbonyl (C=O) groups excluding carboxylic acids is 1. The van der Waals surface area contributed by atoms with Crippen molar-refractivity contribution < 1.29 is 4.79 Å². The van der Waals surface area contributed by atoms with E-state index in [2.05, 4.69) is 11.4 Å². The molecule has 0 unspecified atom stereocenters. The number of thioether (sulfide) groups is 1. The van der Waals surface area contributed by atoms with Crippen LogP contribution in [0.4, 0.5) is 5.69 Å². The summed E-state index contributed by atoms with van der Waals surface area (Å²) in [5.41, 5.74) is 7.18. The molecular formula is C16H21ClN4OS. The van der Waals surface area contributed by atoms with Gasteiger partial charge in [0.25, 0.3) is 0 Å². The fraction of sp³-hybridized carbons (Fsp3) is 0.500. The van der Waals surface area contributed by atoms with Crippen LogP contribution in [0.3, 0.4) is 0 Å². The molecule has 7 heteroatoms. The lowest BCUT2D eigenvalue weighted by Crippen LogP contribution is -2.42. The van der Waals surface area contributed by atoms with Gasteiger partial charge in [-0.1, -0.05) is 17.7 Å². The minimum atomic E-state index is -0.408. The normalized spacial score (nSPS) is 15.3. The first-order valence-electron chi connectivity index (χ1n) is 7.68. The van der Waals surface area contributed by atoms with E-state index in [4.69, 9.17) is 22.6 Å². The van der Waals surface area contributed by atoms with Gasteiger partial charge in [0, 0.05) is 18.8 Å². The van der Waals surface area contributed by atoms with Crippen LogP contribution in [0, 0.1) is 11.3 Å². The van der Waals surface area contributed by atoms with Gasteiger partial charge in [-0.25, -0.2) is 0 Å². The Kier molecular flexibility index (Phi) is 7.03. The molecule has 1 aliphatic rings. The number of nitrogens with two attached hydrogens (primary N) is 1. The highest BCUT2D eigenvalue weighted by Gasteiger charge is 2.23. The SMILES string of the molecule is N#Cc1c(Cl)cccc1NCCCC[C@H](N)C(=O)N1CCSC1. The fourth-order valence-electron chi connectivity index (χ4n) is 2.44. The molecule has 0 aromatic heterocycles. The number of nitrogens with one attached hydrogen (secondary N) is 1. The van der Waals surface area contributed by atoms with Gasteiger partial charge in [0.15, 0.2) is 0 Å². The average Bonchev–Trinajstić information content (AvgIpc) is 3.08. The highest BCUT2D eigenvalue weighted by atomic mass is 35.5. The van der Waals surface area contributed by atoms with E-state index < -0.39 is 6.04 Å². The average molecular weight is 353 g/mol. The van der Waals surface area contributed by atoms with Crippen molar-refractivity contribution >= 4 is 35.0 Å². The Morgan fingerprint density at radius 1 is 1.52 bits per heavy atom. The largest absolute Gasteiger partial charge is 0.384 e. The molecule has 0 bridgehead atoms. The van der Waals surface area contributed by atoms with E-state index in [1.165, 1.54) is 0 Å². The number of amides is 1. The maximum absolute atomic E-state index is 12.1. The van der Waals surface area contributed by atoms with Crippen LogP contribution in [0.5, 0.6) is 0 Å². The maximum atomic E-state index is 12.1. The Morgan fingerprint density at radius 2 is 2.35 bits per heavy atom. The zero-order valence-electron chi connectivity index (χ0n) is 12.9. The lowest BCUT2D eigenvalue weighted by Gasteiger charge is -2.19. The number of hydrogen-bond acceptors (Lipinski definition) is 5. The van der Waals surface area contributed by atoms with Crippen molar-refractivity contribution in [2.24, 2.45) is 5.73 Å². The number of unbranched alkanes of at least 4 members (excludes halogenated alkanes) is 1. The van der Waals surface area contributed by atoms with Gasteiger partial charge in [-0.15, -0.1) is 11.8 Å². The molecule has 0 radical (unpaired) electrons. The first-order valence-corrected chi connectivity index (χ1v) is 9.21. The number of nitriles is 1. The van der Waals surface area contributed by atoms with Crippen LogP contribution in [-0.4, -0.2) is 41.6 Å².